The molecule has 1 N–H and O–H groups in total. The van der Waals surface area contributed by atoms with E-state index in [2.05, 4.69) is 4.99 Å². The third kappa shape index (κ3) is 2.69. The van der Waals surface area contributed by atoms with Gasteiger partial charge in [0.1, 0.15) is 5.75 Å². The summed E-state index contributed by atoms with van der Waals surface area (Å²) in [5, 5.41) is 8.96. The Labute approximate surface area is 81.9 Å². The summed E-state index contributed by atoms with van der Waals surface area (Å²) in [4.78, 5) is 13.5. The molecule has 4 heteroatoms. The standard InChI is InChI=1S/C10H11NO3/c1-7-5-9(14-8(2)13)3-4-10(7)11-6-12/h3-5,8,13H,1-2H3. The Hall–Kier alpha value is -1.64. The molecule has 4 nitrogen and oxygen atoms in total. The molecule has 0 amide bonds. The Morgan fingerprint density at radius 1 is 1.57 bits per heavy atom. The fourth-order valence-electron chi connectivity index (χ4n) is 1.07. The first-order chi connectivity index (χ1) is 6.63. The van der Waals surface area contributed by atoms with Crippen molar-refractivity contribution in [1.29, 1.82) is 0 Å². The molecular formula is C10H11NO3. The van der Waals surface area contributed by atoms with Crippen molar-refractivity contribution in [3.63, 3.8) is 0 Å². The Morgan fingerprint density at radius 3 is 2.79 bits per heavy atom. The van der Waals surface area contributed by atoms with Gasteiger partial charge in [0.15, 0.2) is 6.29 Å². The average Bonchev–Trinajstić information content (AvgIpc) is 2.09. The third-order valence-corrected chi connectivity index (χ3v) is 1.64. The number of nitrogens with zero attached hydrogens (tertiary/aromatic N) is 1. The summed E-state index contributed by atoms with van der Waals surface area (Å²) in [6.45, 7) is 3.32. The molecule has 1 rings (SSSR count). The van der Waals surface area contributed by atoms with E-state index in [0.717, 1.165) is 5.56 Å². The van der Waals surface area contributed by atoms with E-state index in [4.69, 9.17) is 9.84 Å². The number of hydrogen-bond donors (Lipinski definition) is 1. The zero-order chi connectivity index (χ0) is 10.6. The quantitative estimate of drug-likeness (QED) is 0.451. The number of aliphatic hydroxyl groups is 1. The number of benzene rings is 1. The number of aliphatic hydroxyl groups excluding tert-OH is 1. The topological polar surface area (TPSA) is 58.9 Å². The van der Waals surface area contributed by atoms with E-state index in [9.17, 15) is 4.79 Å². The summed E-state index contributed by atoms with van der Waals surface area (Å²) in [5.41, 5.74) is 1.35. The van der Waals surface area contributed by atoms with Gasteiger partial charge in [-0.25, -0.2) is 4.79 Å². The summed E-state index contributed by atoms with van der Waals surface area (Å²) >= 11 is 0. The van der Waals surface area contributed by atoms with Crippen LogP contribution in [0.15, 0.2) is 23.2 Å². The van der Waals surface area contributed by atoms with Gasteiger partial charge in [0.25, 0.3) is 0 Å². The van der Waals surface area contributed by atoms with Gasteiger partial charge < -0.3 is 9.84 Å². The molecule has 0 saturated carbocycles. The molecule has 1 aromatic rings. The van der Waals surface area contributed by atoms with Gasteiger partial charge in [-0.3, -0.25) is 0 Å². The van der Waals surface area contributed by atoms with E-state index in [1.807, 2.05) is 0 Å². The normalized spacial score (nSPS) is 11.6. The molecule has 0 radical (unpaired) electrons. The molecule has 0 heterocycles. The summed E-state index contributed by atoms with van der Waals surface area (Å²) in [6, 6.07) is 4.97. The second-order valence-electron chi connectivity index (χ2n) is 2.87. The molecule has 1 aromatic carbocycles. The monoisotopic (exact) mass is 193 g/mol. The highest BCUT2D eigenvalue weighted by Crippen LogP contribution is 2.23. The number of carbonyl (C=O) groups excluding carboxylic acids is 1. The number of rotatable bonds is 3. The van der Waals surface area contributed by atoms with Crippen molar-refractivity contribution in [2.45, 2.75) is 20.1 Å². The second-order valence-corrected chi connectivity index (χ2v) is 2.87. The Kier molecular flexibility index (Phi) is 3.40. The third-order valence-electron chi connectivity index (χ3n) is 1.64. The van der Waals surface area contributed by atoms with Crippen molar-refractivity contribution in [3.8, 4) is 5.75 Å². The maximum Gasteiger partial charge on any atom is 0.240 e. The zero-order valence-corrected chi connectivity index (χ0v) is 8.02. The molecular weight excluding hydrogens is 182 g/mol. The van der Waals surface area contributed by atoms with Crippen LogP contribution in [0.4, 0.5) is 5.69 Å². The maximum absolute atomic E-state index is 10.0. The zero-order valence-electron chi connectivity index (χ0n) is 8.02. The van der Waals surface area contributed by atoms with Gasteiger partial charge in [-0.2, -0.15) is 4.99 Å². The fourth-order valence-corrected chi connectivity index (χ4v) is 1.07. The van der Waals surface area contributed by atoms with Crippen molar-refractivity contribution in [2.75, 3.05) is 0 Å². The van der Waals surface area contributed by atoms with Crippen molar-refractivity contribution >= 4 is 11.8 Å². The molecule has 0 spiro atoms. The van der Waals surface area contributed by atoms with E-state index < -0.39 is 6.29 Å². The van der Waals surface area contributed by atoms with Gasteiger partial charge >= 0.3 is 0 Å². The van der Waals surface area contributed by atoms with Crippen molar-refractivity contribution in [3.05, 3.63) is 23.8 Å². The Bertz CT molecular complexity index is 368. The molecule has 0 aliphatic heterocycles. The molecule has 0 aliphatic carbocycles. The second kappa shape index (κ2) is 4.56. The molecule has 0 fully saturated rings. The first kappa shape index (κ1) is 10.4. The number of aliphatic imine (C=N–C) groups is 1. The smallest absolute Gasteiger partial charge is 0.240 e. The minimum absolute atomic E-state index is 0.544. The number of ether oxygens (including phenoxy) is 1. The van der Waals surface area contributed by atoms with Crippen LogP contribution >= 0.6 is 0 Å². The van der Waals surface area contributed by atoms with E-state index in [1.54, 1.807) is 25.1 Å². The summed E-state index contributed by atoms with van der Waals surface area (Å²) < 4.78 is 5.04. The number of hydrogen-bond acceptors (Lipinski definition) is 4. The van der Waals surface area contributed by atoms with Crippen LogP contribution in [-0.4, -0.2) is 17.5 Å². The molecule has 1 unspecified atom stereocenters. The van der Waals surface area contributed by atoms with Crippen molar-refractivity contribution < 1.29 is 14.6 Å². The predicted octanol–water partition coefficient (Wildman–Crippen LogP) is 1.68. The molecule has 0 saturated heterocycles. The summed E-state index contributed by atoms with van der Waals surface area (Å²) in [7, 11) is 0. The predicted molar refractivity (Wildman–Crippen MR) is 51.3 cm³/mol. The molecule has 0 bridgehead atoms. The molecule has 14 heavy (non-hydrogen) atoms. The number of aryl methyl sites for hydroxylation is 1. The van der Waals surface area contributed by atoms with Gasteiger partial charge in [-0.15, -0.1) is 0 Å². The van der Waals surface area contributed by atoms with Crippen LogP contribution in [0, 0.1) is 6.92 Å². The van der Waals surface area contributed by atoms with Crippen LogP contribution < -0.4 is 4.74 Å². The molecule has 74 valence electrons. The molecule has 0 aliphatic rings. The van der Waals surface area contributed by atoms with Crippen LogP contribution in [-0.2, 0) is 4.79 Å². The van der Waals surface area contributed by atoms with E-state index in [1.165, 1.54) is 13.0 Å². The van der Waals surface area contributed by atoms with Gasteiger partial charge in [0, 0.05) is 0 Å². The van der Waals surface area contributed by atoms with Crippen LogP contribution in [0.3, 0.4) is 0 Å². The lowest BCUT2D eigenvalue weighted by atomic mass is 10.2. The van der Waals surface area contributed by atoms with E-state index in [-0.39, 0.29) is 0 Å². The Balaban J connectivity index is 2.94. The van der Waals surface area contributed by atoms with Gasteiger partial charge in [0.05, 0.1) is 5.69 Å². The lowest BCUT2D eigenvalue weighted by molar-refractivity contribution is -0.000312. The first-order valence-corrected chi connectivity index (χ1v) is 4.16. The SMILES string of the molecule is Cc1cc(OC(C)O)ccc1N=C=O. The van der Waals surface area contributed by atoms with Crippen LogP contribution in [0.2, 0.25) is 0 Å². The minimum Gasteiger partial charge on any atom is -0.465 e. The van der Waals surface area contributed by atoms with Gasteiger partial charge in [-0.1, -0.05) is 0 Å². The summed E-state index contributed by atoms with van der Waals surface area (Å²) in [6.07, 6.45) is 0.618. The Morgan fingerprint density at radius 2 is 2.29 bits per heavy atom. The van der Waals surface area contributed by atoms with Crippen molar-refractivity contribution in [2.24, 2.45) is 4.99 Å². The minimum atomic E-state index is -0.852. The first-order valence-electron chi connectivity index (χ1n) is 4.16. The number of isocyanates is 1. The van der Waals surface area contributed by atoms with E-state index in [0.29, 0.717) is 11.4 Å². The largest absolute Gasteiger partial charge is 0.465 e. The lowest BCUT2D eigenvalue weighted by Gasteiger charge is -2.09. The van der Waals surface area contributed by atoms with E-state index >= 15 is 0 Å². The van der Waals surface area contributed by atoms with Crippen molar-refractivity contribution in [1.82, 2.24) is 0 Å². The van der Waals surface area contributed by atoms with Crippen LogP contribution in [0.25, 0.3) is 0 Å². The van der Waals surface area contributed by atoms with Crippen LogP contribution in [0.1, 0.15) is 12.5 Å². The van der Waals surface area contributed by atoms with Crippen LogP contribution in [0.5, 0.6) is 5.75 Å². The highest BCUT2D eigenvalue weighted by atomic mass is 16.6. The highest BCUT2D eigenvalue weighted by Gasteiger charge is 2.01. The highest BCUT2D eigenvalue weighted by molar-refractivity contribution is 5.55. The lowest BCUT2D eigenvalue weighted by Crippen LogP contribution is -2.09. The van der Waals surface area contributed by atoms with Gasteiger partial charge in [0.2, 0.25) is 6.08 Å². The average molecular weight is 193 g/mol. The van der Waals surface area contributed by atoms with Gasteiger partial charge in [-0.05, 0) is 37.6 Å². The maximum atomic E-state index is 10.0. The fraction of sp³-hybridized carbons (Fsp3) is 0.300. The molecule has 1 atom stereocenters. The molecule has 0 aromatic heterocycles. The summed E-state index contributed by atoms with van der Waals surface area (Å²) in [5.74, 6) is 0.544.